The Morgan fingerprint density at radius 3 is 2.64 bits per heavy atom. The summed E-state index contributed by atoms with van der Waals surface area (Å²) in [6.45, 7) is 3.55. The molecule has 4 heteroatoms. The normalized spacial score (nSPS) is 24.5. The second kappa shape index (κ2) is 2.82. The average Bonchev–Trinajstić information content (AvgIpc) is 1.85. The number of nitrogens with two attached hydrogens (primary N) is 1. The van der Waals surface area contributed by atoms with E-state index < -0.39 is 0 Å². The van der Waals surface area contributed by atoms with Crippen LogP contribution in [-0.4, -0.2) is 17.6 Å². The standard InChI is InChI=1S/C7H11N3O/c1-3-5-6(8)9-4(2)10-7(5)11/h5H,3H2,1-2H3,(H2,8,9,10,11). The maximum Gasteiger partial charge on any atom is 0.258 e. The van der Waals surface area contributed by atoms with Gasteiger partial charge in [0, 0.05) is 0 Å². The van der Waals surface area contributed by atoms with E-state index in [1.54, 1.807) is 6.92 Å². The van der Waals surface area contributed by atoms with Crippen molar-refractivity contribution in [1.29, 1.82) is 0 Å². The molecule has 1 heterocycles. The minimum absolute atomic E-state index is 0.169. The molecule has 2 N–H and O–H groups in total. The molecule has 0 aliphatic carbocycles. The molecule has 0 aromatic carbocycles. The van der Waals surface area contributed by atoms with Crippen molar-refractivity contribution in [2.24, 2.45) is 21.6 Å². The van der Waals surface area contributed by atoms with E-state index in [2.05, 4.69) is 9.98 Å². The molecule has 0 aromatic heterocycles. The molecule has 11 heavy (non-hydrogen) atoms. The van der Waals surface area contributed by atoms with Gasteiger partial charge >= 0.3 is 0 Å². The van der Waals surface area contributed by atoms with Crippen LogP contribution in [-0.2, 0) is 4.79 Å². The Labute approximate surface area is 65.2 Å². The van der Waals surface area contributed by atoms with E-state index >= 15 is 0 Å². The van der Waals surface area contributed by atoms with Crippen LogP contribution in [0.5, 0.6) is 0 Å². The molecule has 1 aliphatic rings. The molecule has 0 radical (unpaired) electrons. The predicted molar refractivity (Wildman–Crippen MR) is 43.5 cm³/mol. The smallest absolute Gasteiger partial charge is 0.258 e. The monoisotopic (exact) mass is 153 g/mol. The number of carbonyl (C=O) groups is 1. The van der Waals surface area contributed by atoms with E-state index in [4.69, 9.17) is 5.73 Å². The van der Waals surface area contributed by atoms with E-state index in [1.807, 2.05) is 6.92 Å². The molecule has 0 saturated heterocycles. The first-order chi connectivity index (χ1) is 5.15. The second-order valence-electron chi connectivity index (χ2n) is 2.49. The van der Waals surface area contributed by atoms with Crippen molar-refractivity contribution >= 4 is 17.6 Å². The summed E-state index contributed by atoms with van der Waals surface area (Å²) < 4.78 is 0. The molecule has 60 valence electrons. The summed E-state index contributed by atoms with van der Waals surface area (Å²) in [6.07, 6.45) is 0.672. The van der Waals surface area contributed by atoms with Gasteiger partial charge in [-0.05, 0) is 13.3 Å². The van der Waals surface area contributed by atoms with Gasteiger partial charge < -0.3 is 5.73 Å². The third kappa shape index (κ3) is 1.45. The molecule has 0 saturated carbocycles. The van der Waals surface area contributed by atoms with Gasteiger partial charge in [0.1, 0.15) is 11.7 Å². The first-order valence-electron chi connectivity index (χ1n) is 3.58. The number of hydrogen-bond donors (Lipinski definition) is 1. The SMILES string of the molecule is CCC1C(=O)N=C(C)N=C1N. The Kier molecular flexibility index (Phi) is 2.03. The summed E-state index contributed by atoms with van der Waals surface area (Å²) in [6, 6.07) is 0. The number of amidine groups is 2. The van der Waals surface area contributed by atoms with Crippen LogP contribution >= 0.6 is 0 Å². The first-order valence-corrected chi connectivity index (χ1v) is 3.58. The highest BCUT2D eigenvalue weighted by molar-refractivity contribution is 6.14. The molecule has 1 rings (SSSR count). The summed E-state index contributed by atoms with van der Waals surface area (Å²) in [5.41, 5.74) is 5.52. The van der Waals surface area contributed by atoms with E-state index in [9.17, 15) is 4.79 Å². The fraction of sp³-hybridized carbons (Fsp3) is 0.571. The fourth-order valence-electron chi connectivity index (χ4n) is 1.04. The lowest BCUT2D eigenvalue weighted by molar-refractivity contribution is -0.119. The van der Waals surface area contributed by atoms with Crippen LogP contribution in [0.2, 0.25) is 0 Å². The highest BCUT2D eigenvalue weighted by Crippen LogP contribution is 2.09. The maximum absolute atomic E-state index is 11.1. The second-order valence-corrected chi connectivity index (χ2v) is 2.49. The van der Waals surface area contributed by atoms with Gasteiger partial charge in [0.15, 0.2) is 0 Å². The summed E-state index contributed by atoms with van der Waals surface area (Å²) in [7, 11) is 0. The predicted octanol–water partition coefficient (Wildman–Crippen LogP) is 0.328. The number of aliphatic imine (C=N–C) groups is 2. The topological polar surface area (TPSA) is 67.8 Å². The van der Waals surface area contributed by atoms with Crippen molar-refractivity contribution in [3.05, 3.63) is 0 Å². The number of nitrogens with zero attached hydrogens (tertiary/aromatic N) is 2. The summed E-state index contributed by atoms with van der Waals surface area (Å²) in [5, 5.41) is 0. The third-order valence-electron chi connectivity index (χ3n) is 1.63. The Morgan fingerprint density at radius 2 is 2.18 bits per heavy atom. The van der Waals surface area contributed by atoms with Crippen LogP contribution in [0, 0.1) is 5.92 Å². The van der Waals surface area contributed by atoms with Crippen molar-refractivity contribution in [2.45, 2.75) is 20.3 Å². The van der Waals surface area contributed by atoms with E-state index in [0.717, 1.165) is 0 Å². The maximum atomic E-state index is 11.1. The quantitative estimate of drug-likeness (QED) is 0.589. The zero-order valence-electron chi connectivity index (χ0n) is 6.66. The van der Waals surface area contributed by atoms with E-state index in [0.29, 0.717) is 18.1 Å². The van der Waals surface area contributed by atoms with Gasteiger partial charge in [-0.3, -0.25) is 4.79 Å². The lowest BCUT2D eigenvalue weighted by Gasteiger charge is -2.13. The van der Waals surface area contributed by atoms with Gasteiger partial charge in [0.2, 0.25) is 0 Å². The van der Waals surface area contributed by atoms with Crippen molar-refractivity contribution in [3.63, 3.8) is 0 Å². The van der Waals surface area contributed by atoms with Crippen LogP contribution in [0.4, 0.5) is 0 Å². The van der Waals surface area contributed by atoms with Gasteiger partial charge in [-0.1, -0.05) is 6.92 Å². The van der Waals surface area contributed by atoms with Crippen LogP contribution in [0.3, 0.4) is 0 Å². The molecule has 0 fully saturated rings. The molecular weight excluding hydrogens is 142 g/mol. The van der Waals surface area contributed by atoms with Crippen LogP contribution < -0.4 is 5.73 Å². The average molecular weight is 153 g/mol. The minimum Gasteiger partial charge on any atom is -0.386 e. The minimum atomic E-state index is -0.293. The van der Waals surface area contributed by atoms with Crippen molar-refractivity contribution in [3.8, 4) is 0 Å². The van der Waals surface area contributed by atoms with Crippen molar-refractivity contribution in [2.75, 3.05) is 0 Å². The Morgan fingerprint density at radius 1 is 1.55 bits per heavy atom. The lowest BCUT2D eigenvalue weighted by atomic mass is 10.0. The van der Waals surface area contributed by atoms with Gasteiger partial charge in [0.05, 0.1) is 5.92 Å². The molecule has 0 aromatic rings. The fourth-order valence-corrected chi connectivity index (χ4v) is 1.04. The molecule has 0 bridgehead atoms. The molecule has 1 aliphatic heterocycles. The molecule has 1 unspecified atom stereocenters. The van der Waals surface area contributed by atoms with Gasteiger partial charge in [-0.25, -0.2) is 4.99 Å². The summed E-state index contributed by atoms with van der Waals surface area (Å²) in [4.78, 5) is 18.7. The van der Waals surface area contributed by atoms with Crippen molar-refractivity contribution < 1.29 is 4.79 Å². The molecule has 1 atom stereocenters. The zero-order chi connectivity index (χ0) is 8.43. The molecular formula is C7H11N3O. The summed E-state index contributed by atoms with van der Waals surface area (Å²) >= 11 is 0. The van der Waals surface area contributed by atoms with Crippen LogP contribution in [0.1, 0.15) is 20.3 Å². The van der Waals surface area contributed by atoms with Crippen molar-refractivity contribution in [1.82, 2.24) is 0 Å². The Bertz CT molecular complexity index is 242. The lowest BCUT2D eigenvalue weighted by Crippen LogP contribution is -2.33. The number of hydrogen-bond acceptors (Lipinski definition) is 3. The molecule has 0 spiro atoms. The number of rotatable bonds is 1. The highest BCUT2D eigenvalue weighted by Gasteiger charge is 2.23. The zero-order valence-corrected chi connectivity index (χ0v) is 6.66. The summed E-state index contributed by atoms with van der Waals surface area (Å²) in [5.74, 6) is 0.387. The van der Waals surface area contributed by atoms with Crippen LogP contribution in [0.25, 0.3) is 0 Å². The van der Waals surface area contributed by atoms with E-state index in [-0.39, 0.29) is 11.8 Å². The number of carbonyl (C=O) groups excluding carboxylic acids is 1. The van der Waals surface area contributed by atoms with Gasteiger partial charge in [-0.2, -0.15) is 4.99 Å². The highest BCUT2D eigenvalue weighted by atomic mass is 16.1. The largest absolute Gasteiger partial charge is 0.386 e. The number of amides is 1. The third-order valence-corrected chi connectivity index (χ3v) is 1.63. The first kappa shape index (κ1) is 7.91. The molecule has 1 amide bonds. The van der Waals surface area contributed by atoms with E-state index in [1.165, 1.54) is 0 Å². The van der Waals surface area contributed by atoms with Gasteiger partial charge in [0.25, 0.3) is 5.91 Å². The molecule has 4 nitrogen and oxygen atoms in total. The van der Waals surface area contributed by atoms with Crippen LogP contribution in [0.15, 0.2) is 9.98 Å². The Hall–Kier alpha value is -1.19. The Balaban J connectivity index is 2.91. The van der Waals surface area contributed by atoms with Gasteiger partial charge in [-0.15, -0.1) is 0 Å².